The maximum Gasteiger partial charge on any atom is -0.0355 e. The third-order valence-corrected chi connectivity index (χ3v) is 0.236. The van der Waals surface area contributed by atoms with E-state index in [1.54, 1.807) is 6.42 Å². The lowest BCUT2D eigenvalue weighted by atomic mass is 10.4. The van der Waals surface area contributed by atoms with Gasteiger partial charge >= 0.3 is 0 Å². The summed E-state index contributed by atoms with van der Waals surface area (Å²) in [6, 6.07) is 0. The molecule has 0 aromatic carbocycles. The van der Waals surface area contributed by atoms with Gasteiger partial charge in [0.1, 0.15) is 0 Å². The van der Waals surface area contributed by atoms with E-state index in [9.17, 15) is 0 Å². The highest BCUT2D eigenvalue weighted by Crippen LogP contribution is 1.71. The molecule has 0 fully saturated rings. The predicted octanol–water partition coefficient (Wildman–Crippen LogP) is 1.25. The highest BCUT2D eigenvalue weighted by Gasteiger charge is 1.58. The summed E-state index contributed by atoms with van der Waals surface area (Å²) in [7, 11) is 0. The van der Waals surface area contributed by atoms with Crippen molar-refractivity contribution in [3.05, 3.63) is 19.8 Å². The van der Waals surface area contributed by atoms with Crippen LogP contribution < -0.4 is 0 Å². The number of hydrogen-bond donors (Lipinski definition) is 0. The van der Waals surface area contributed by atoms with Gasteiger partial charge in [-0.2, -0.15) is 0 Å². The molecule has 0 nitrogen and oxygen atoms in total. The van der Waals surface area contributed by atoms with Crippen LogP contribution in [0.1, 0.15) is 6.92 Å². The number of unbranched alkanes of at least 4 members (excludes halogenated alkanes) is 1. The first kappa shape index (κ1) is 4.00. The van der Waals surface area contributed by atoms with Crippen LogP contribution in [0, 0.1) is 19.8 Å². The minimum Gasteiger partial charge on any atom is -0.0620 e. The van der Waals surface area contributed by atoms with E-state index in [1.165, 1.54) is 0 Å². The van der Waals surface area contributed by atoms with Crippen molar-refractivity contribution in [2.24, 2.45) is 0 Å². The van der Waals surface area contributed by atoms with Gasteiger partial charge in [0.25, 0.3) is 0 Å². The molecule has 0 spiro atoms. The zero-order valence-electron chi connectivity index (χ0n) is 2.86. The Balaban J connectivity index is 1.97. The summed E-state index contributed by atoms with van der Waals surface area (Å²) in [5.74, 6) is 0. The fourth-order valence-corrected chi connectivity index (χ4v) is 0. The van der Waals surface area contributed by atoms with Crippen molar-refractivity contribution in [3.63, 3.8) is 0 Å². The minimum atomic E-state index is 1.75. The summed E-state index contributed by atoms with van der Waals surface area (Å²) < 4.78 is 0. The SMILES string of the molecule is [CH2][CH][CH]C. The van der Waals surface area contributed by atoms with Crippen molar-refractivity contribution in [2.75, 3.05) is 0 Å². The van der Waals surface area contributed by atoms with Crippen LogP contribution in [0.15, 0.2) is 0 Å². The Bertz CT molecular complexity index is 2.00. The van der Waals surface area contributed by atoms with Gasteiger partial charge in [0.15, 0.2) is 0 Å². The van der Waals surface area contributed by atoms with Crippen LogP contribution in [0.3, 0.4) is 0 Å². The Morgan fingerprint density at radius 2 is 2.00 bits per heavy atom. The Morgan fingerprint density at radius 3 is 2.00 bits per heavy atom. The van der Waals surface area contributed by atoms with Crippen molar-refractivity contribution in [1.82, 2.24) is 0 Å². The summed E-state index contributed by atoms with van der Waals surface area (Å²) in [5.41, 5.74) is 0. The molecule has 0 heterocycles. The molecule has 3 radical (unpaired) electrons. The number of hydrogen-bond acceptors (Lipinski definition) is 0. The summed E-state index contributed by atoms with van der Waals surface area (Å²) in [6.07, 6.45) is 3.64. The van der Waals surface area contributed by atoms with Crippen LogP contribution in [0.5, 0.6) is 0 Å². The topological polar surface area (TPSA) is 0 Å². The van der Waals surface area contributed by atoms with E-state index < -0.39 is 0 Å². The molecular formula is C4H7. The van der Waals surface area contributed by atoms with E-state index >= 15 is 0 Å². The fourth-order valence-electron chi connectivity index (χ4n) is 0. The molecule has 23 valence electrons. The molecule has 0 saturated heterocycles. The smallest absolute Gasteiger partial charge is 0.0355 e. The summed E-state index contributed by atoms with van der Waals surface area (Å²) in [6.45, 7) is 5.36. The molecule has 0 rings (SSSR count). The summed E-state index contributed by atoms with van der Waals surface area (Å²) in [5, 5.41) is 0. The lowest BCUT2D eigenvalue weighted by Gasteiger charge is -1.66. The standard InChI is InChI=1S/C4H7/c1-3-4-2/h3-4H,1H2,2H3. The monoisotopic (exact) mass is 55.1 g/mol. The van der Waals surface area contributed by atoms with E-state index in [4.69, 9.17) is 0 Å². The second-order valence-corrected chi connectivity index (χ2v) is 0.569. The molecule has 0 aromatic heterocycles. The Kier molecular flexibility index (Phi) is 3.00. The molecule has 0 atom stereocenters. The summed E-state index contributed by atoms with van der Waals surface area (Å²) >= 11 is 0. The first-order chi connectivity index (χ1) is 1.91. The van der Waals surface area contributed by atoms with E-state index in [2.05, 4.69) is 6.92 Å². The van der Waals surface area contributed by atoms with Gasteiger partial charge in [0.2, 0.25) is 0 Å². The van der Waals surface area contributed by atoms with Gasteiger partial charge in [-0.3, -0.25) is 0 Å². The largest absolute Gasteiger partial charge is 0.0620 e. The van der Waals surface area contributed by atoms with Crippen LogP contribution in [0.25, 0.3) is 0 Å². The molecule has 0 saturated carbocycles. The maximum absolute atomic E-state index is 3.42. The molecule has 0 aromatic rings. The van der Waals surface area contributed by atoms with Crippen molar-refractivity contribution < 1.29 is 0 Å². The Labute approximate surface area is 27.8 Å². The zero-order valence-corrected chi connectivity index (χ0v) is 2.86. The second kappa shape index (κ2) is 3.00. The van der Waals surface area contributed by atoms with Crippen LogP contribution in [-0.4, -0.2) is 0 Å². The second-order valence-electron chi connectivity index (χ2n) is 0.569. The van der Waals surface area contributed by atoms with E-state index in [0.29, 0.717) is 0 Å². The third-order valence-electron chi connectivity index (χ3n) is 0.236. The number of rotatable bonds is 1. The highest BCUT2D eigenvalue weighted by molar-refractivity contribution is 4.79. The molecule has 0 aliphatic rings. The first-order valence-corrected chi connectivity index (χ1v) is 1.32. The van der Waals surface area contributed by atoms with Crippen LogP contribution in [0.2, 0.25) is 0 Å². The van der Waals surface area contributed by atoms with Crippen molar-refractivity contribution in [3.8, 4) is 0 Å². The average Bonchev–Trinajstić information content (AvgIpc) is 1.37. The first-order valence-electron chi connectivity index (χ1n) is 1.32. The van der Waals surface area contributed by atoms with E-state index in [-0.39, 0.29) is 0 Å². The van der Waals surface area contributed by atoms with Crippen molar-refractivity contribution in [1.29, 1.82) is 0 Å². The van der Waals surface area contributed by atoms with Gasteiger partial charge in [0, 0.05) is 0 Å². The minimum absolute atomic E-state index is 1.75. The molecule has 0 aliphatic carbocycles. The van der Waals surface area contributed by atoms with Crippen LogP contribution in [-0.2, 0) is 0 Å². The van der Waals surface area contributed by atoms with Crippen molar-refractivity contribution in [2.45, 2.75) is 6.92 Å². The molecule has 0 amide bonds. The van der Waals surface area contributed by atoms with Crippen LogP contribution in [0.4, 0.5) is 0 Å². The molecule has 0 N–H and O–H groups in total. The Hall–Kier alpha value is 0. The predicted molar refractivity (Wildman–Crippen MR) is 19.6 cm³/mol. The van der Waals surface area contributed by atoms with E-state index in [1.807, 2.05) is 13.3 Å². The molecular weight excluding hydrogens is 48.0 g/mol. The van der Waals surface area contributed by atoms with Gasteiger partial charge < -0.3 is 0 Å². The van der Waals surface area contributed by atoms with Crippen molar-refractivity contribution >= 4 is 0 Å². The van der Waals surface area contributed by atoms with Gasteiger partial charge in [0.05, 0.1) is 0 Å². The molecule has 4 heavy (non-hydrogen) atoms. The molecule has 0 aliphatic heterocycles. The highest BCUT2D eigenvalue weighted by atomic mass is 13.6. The zero-order chi connectivity index (χ0) is 3.41. The van der Waals surface area contributed by atoms with Gasteiger partial charge in [-0.15, -0.1) is 0 Å². The van der Waals surface area contributed by atoms with E-state index in [0.717, 1.165) is 0 Å². The lowest BCUT2D eigenvalue weighted by molar-refractivity contribution is 1.46. The Morgan fingerprint density at radius 1 is 1.75 bits per heavy atom. The molecule has 0 unspecified atom stereocenters. The molecule has 0 bridgehead atoms. The van der Waals surface area contributed by atoms with Gasteiger partial charge in [-0.25, -0.2) is 0 Å². The third kappa shape index (κ3) is 2.00. The van der Waals surface area contributed by atoms with Crippen LogP contribution >= 0.6 is 0 Å². The lowest BCUT2D eigenvalue weighted by Crippen LogP contribution is -1.53. The normalized spacial score (nSPS) is 7.50. The van der Waals surface area contributed by atoms with Gasteiger partial charge in [-0.05, 0) is 19.8 Å². The molecule has 0 heteroatoms. The maximum atomic E-state index is 3.42. The quantitative estimate of drug-likeness (QED) is 0.423. The summed E-state index contributed by atoms with van der Waals surface area (Å²) in [4.78, 5) is 0. The van der Waals surface area contributed by atoms with Gasteiger partial charge in [-0.1, -0.05) is 6.92 Å². The average molecular weight is 55.1 g/mol. The fraction of sp³-hybridized carbons (Fsp3) is 0.250.